The minimum Gasteiger partial charge on any atom is -0.507 e. The van der Waals surface area contributed by atoms with Crippen molar-refractivity contribution in [2.75, 3.05) is 25.0 Å². The third-order valence-corrected chi connectivity index (χ3v) is 5.00. The maximum absolute atomic E-state index is 9.79. The zero-order chi connectivity index (χ0) is 22.1. The molecule has 2 aromatic carbocycles. The number of aryl methyl sites for hydroxylation is 4. The number of aliphatic hydroxyl groups excluding tert-OH is 2. The van der Waals surface area contributed by atoms with E-state index in [2.05, 4.69) is 0 Å². The van der Waals surface area contributed by atoms with Gasteiger partial charge in [0.2, 0.25) is 0 Å². The molecule has 0 aromatic heterocycles. The van der Waals surface area contributed by atoms with Gasteiger partial charge in [0.05, 0.1) is 37.2 Å². The van der Waals surface area contributed by atoms with Gasteiger partial charge < -0.3 is 25.2 Å². The maximum atomic E-state index is 9.79. The lowest BCUT2D eigenvalue weighted by Crippen LogP contribution is -2.23. The number of halogens is 2. The Balaban J connectivity index is 0.000000331. The van der Waals surface area contributed by atoms with Crippen molar-refractivity contribution in [3.63, 3.8) is 0 Å². The molecule has 0 bridgehead atoms. The van der Waals surface area contributed by atoms with E-state index in [9.17, 15) is 10.2 Å². The fourth-order valence-electron chi connectivity index (χ4n) is 2.67. The van der Waals surface area contributed by atoms with Crippen molar-refractivity contribution in [2.45, 2.75) is 39.9 Å². The normalized spacial score (nSPS) is 12.8. The van der Waals surface area contributed by atoms with Gasteiger partial charge in [0.1, 0.15) is 11.5 Å². The van der Waals surface area contributed by atoms with Crippen molar-refractivity contribution in [3.8, 4) is 22.6 Å². The molecule has 0 aliphatic rings. The Morgan fingerprint density at radius 1 is 0.690 bits per heavy atom. The number of ether oxygens (including phenoxy) is 1. The van der Waals surface area contributed by atoms with Crippen molar-refractivity contribution in [2.24, 2.45) is 0 Å². The first-order chi connectivity index (χ1) is 13.6. The van der Waals surface area contributed by atoms with Crippen molar-refractivity contribution >= 4 is 23.2 Å². The van der Waals surface area contributed by atoms with E-state index in [1.54, 1.807) is 0 Å². The van der Waals surface area contributed by atoms with Gasteiger partial charge in [-0.05, 0) is 85.3 Å². The molecule has 0 aliphatic heterocycles. The van der Waals surface area contributed by atoms with Gasteiger partial charge in [-0.2, -0.15) is 0 Å². The molecule has 5 nitrogen and oxygen atoms in total. The van der Waals surface area contributed by atoms with Crippen LogP contribution in [0.25, 0.3) is 11.1 Å². The standard InChI is InChI=1S/C16H18O2.C6H12Cl2O3/c1-9-5-13(6-10(2)15(9)17)14-7-11(3)16(18)12(4)8-14;7-1-5(9)3-11-4-6(10)2-8/h5-8,17-18H,1-4H3;5-6,9-10H,1-4H2. The van der Waals surface area contributed by atoms with E-state index in [0.29, 0.717) is 11.5 Å². The highest BCUT2D eigenvalue weighted by Crippen LogP contribution is 2.32. The van der Waals surface area contributed by atoms with Crippen molar-refractivity contribution < 1.29 is 25.2 Å². The predicted molar refractivity (Wildman–Crippen MR) is 118 cm³/mol. The first-order valence-corrected chi connectivity index (χ1v) is 10.3. The van der Waals surface area contributed by atoms with E-state index in [4.69, 9.17) is 38.2 Å². The van der Waals surface area contributed by atoms with E-state index < -0.39 is 12.2 Å². The zero-order valence-electron chi connectivity index (χ0n) is 17.2. The lowest BCUT2D eigenvalue weighted by molar-refractivity contribution is 0.00593. The molecular formula is C22H30Cl2O5. The molecule has 0 aliphatic carbocycles. The molecule has 2 aromatic rings. The number of benzene rings is 2. The van der Waals surface area contributed by atoms with Crippen molar-refractivity contribution in [3.05, 3.63) is 46.5 Å². The van der Waals surface area contributed by atoms with E-state index in [1.165, 1.54) is 0 Å². The zero-order valence-corrected chi connectivity index (χ0v) is 18.8. The smallest absolute Gasteiger partial charge is 0.121 e. The fourth-order valence-corrected chi connectivity index (χ4v) is 2.85. The van der Waals surface area contributed by atoms with E-state index in [0.717, 1.165) is 33.4 Å². The minimum absolute atomic E-state index is 0.136. The first-order valence-electron chi connectivity index (χ1n) is 9.27. The van der Waals surface area contributed by atoms with Crippen LogP contribution in [0.4, 0.5) is 0 Å². The van der Waals surface area contributed by atoms with Crippen LogP contribution >= 0.6 is 23.2 Å². The number of phenols is 2. The van der Waals surface area contributed by atoms with Crippen LogP contribution in [0, 0.1) is 27.7 Å². The lowest BCUT2D eigenvalue weighted by Gasteiger charge is -2.11. The molecular weight excluding hydrogens is 415 g/mol. The largest absolute Gasteiger partial charge is 0.507 e. The molecule has 0 radical (unpaired) electrons. The van der Waals surface area contributed by atoms with Crippen LogP contribution in [0.5, 0.6) is 11.5 Å². The third-order valence-electron chi connectivity index (χ3n) is 4.29. The monoisotopic (exact) mass is 444 g/mol. The number of phenolic OH excluding ortho intramolecular Hbond substituents is 2. The highest BCUT2D eigenvalue weighted by atomic mass is 35.5. The van der Waals surface area contributed by atoms with Crippen LogP contribution in [-0.2, 0) is 4.74 Å². The Bertz CT molecular complexity index is 683. The summed E-state index contributed by atoms with van der Waals surface area (Å²) < 4.78 is 4.87. The number of hydrogen-bond acceptors (Lipinski definition) is 5. The Kier molecular flexibility index (Phi) is 10.8. The van der Waals surface area contributed by atoms with Gasteiger partial charge in [0.25, 0.3) is 0 Å². The molecule has 0 saturated heterocycles. The Morgan fingerprint density at radius 3 is 1.21 bits per heavy atom. The molecule has 7 heteroatoms. The van der Waals surface area contributed by atoms with Gasteiger partial charge in [-0.25, -0.2) is 0 Å². The maximum Gasteiger partial charge on any atom is 0.121 e. The number of hydrogen-bond donors (Lipinski definition) is 4. The molecule has 0 fully saturated rings. The summed E-state index contributed by atoms with van der Waals surface area (Å²) in [5, 5.41) is 37.3. The highest BCUT2D eigenvalue weighted by Gasteiger charge is 2.09. The van der Waals surface area contributed by atoms with Gasteiger partial charge in [-0.3, -0.25) is 0 Å². The summed E-state index contributed by atoms with van der Waals surface area (Å²) in [6, 6.07) is 7.86. The van der Waals surface area contributed by atoms with E-state index in [-0.39, 0.29) is 25.0 Å². The number of alkyl halides is 2. The molecule has 0 saturated carbocycles. The predicted octanol–water partition coefficient (Wildman–Crippen LogP) is 4.20. The first kappa shape index (κ1) is 25.5. The second-order valence-electron chi connectivity index (χ2n) is 7.07. The average Bonchev–Trinajstić information content (AvgIpc) is 2.69. The summed E-state index contributed by atoms with van der Waals surface area (Å²) in [7, 11) is 0. The molecule has 29 heavy (non-hydrogen) atoms. The third kappa shape index (κ3) is 8.03. The Hall–Kier alpha value is -1.50. The van der Waals surface area contributed by atoms with Crippen LogP contribution < -0.4 is 0 Å². The van der Waals surface area contributed by atoms with E-state index >= 15 is 0 Å². The van der Waals surface area contributed by atoms with Gasteiger partial charge >= 0.3 is 0 Å². The van der Waals surface area contributed by atoms with Gasteiger partial charge in [-0.15, -0.1) is 23.2 Å². The summed E-state index contributed by atoms with van der Waals surface area (Å²) >= 11 is 10.6. The number of rotatable bonds is 7. The van der Waals surface area contributed by atoms with Crippen LogP contribution in [-0.4, -0.2) is 57.6 Å². The topological polar surface area (TPSA) is 90.2 Å². The lowest BCUT2D eigenvalue weighted by atomic mass is 9.96. The molecule has 0 spiro atoms. The highest BCUT2D eigenvalue weighted by molar-refractivity contribution is 6.18. The van der Waals surface area contributed by atoms with Crippen LogP contribution in [0.1, 0.15) is 22.3 Å². The molecule has 2 atom stereocenters. The SMILES string of the molecule is Cc1cc(-c2cc(C)c(O)c(C)c2)cc(C)c1O.OC(CCl)COCC(O)CCl. The minimum atomic E-state index is -0.667. The summed E-state index contributed by atoms with van der Waals surface area (Å²) in [6.07, 6.45) is -1.33. The van der Waals surface area contributed by atoms with Gasteiger partial charge in [0.15, 0.2) is 0 Å². The van der Waals surface area contributed by atoms with Crippen molar-refractivity contribution in [1.29, 1.82) is 0 Å². The van der Waals surface area contributed by atoms with E-state index in [1.807, 2.05) is 52.0 Å². The van der Waals surface area contributed by atoms with Crippen LogP contribution in [0.2, 0.25) is 0 Å². The molecule has 2 rings (SSSR count). The Morgan fingerprint density at radius 2 is 0.966 bits per heavy atom. The molecule has 0 amide bonds. The van der Waals surface area contributed by atoms with Crippen LogP contribution in [0.15, 0.2) is 24.3 Å². The van der Waals surface area contributed by atoms with Gasteiger partial charge in [0, 0.05) is 0 Å². The average molecular weight is 445 g/mol. The quantitative estimate of drug-likeness (QED) is 0.480. The summed E-state index contributed by atoms with van der Waals surface area (Å²) in [5.74, 6) is 0.977. The molecule has 162 valence electrons. The van der Waals surface area contributed by atoms with Crippen molar-refractivity contribution in [1.82, 2.24) is 0 Å². The molecule has 4 N–H and O–H groups in total. The second kappa shape index (κ2) is 12.3. The molecule has 2 unspecified atom stereocenters. The van der Waals surface area contributed by atoms with Gasteiger partial charge in [-0.1, -0.05) is 0 Å². The second-order valence-corrected chi connectivity index (χ2v) is 7.69. The summed E-state index contributed by atoms with van der Waals surface area (Å²) in [4.78, 5) is 0. The summed E-state index contributed by atoms with van der Waals surface area (Å²) in [5.41, 5.74) is 5.60. The Labute approximate surface area is 182 Å². The summed E-state index contributed by atoms with van der Waals surface area (Å²) in [6.45, 7) is 7.85. The number of aromatic hydroxyl groups is 2. The van der Waals surface area contributed by atoms with Crippen LogP contribution in [0.3, 0.4) is 0 Å². The number of aliphatic hydroxyl groups is 2. The molecule has 0 heterocycles. The fraction of sp³-hybridized carbons (Fsp3) is 0.455.